The van der Waals surface area contributed by atoms with Crippen LogP contribution in [0.4, 0.5) is 13.2 Å². The van der Waals surface area contributed by atoms with E-state index in [0.717, 1.165) is 44.4 Å². The molecule has 1 heterocycles. The minimum Gasteiger partial charge on any atom is -0.768 e. The van der Waals surface area contributed by atoms with Crippen LogP contribution in [0.2, 0.25) is 0 Å². The van der Waals surface area contributed by atoms with Gasteiger partial charge in [-0.05, 0) is 71.7 Å². The van der Waals surface area contributed by atoms with Crippen molar-refractivity contribution in [3.8, 4) is 6.07 Å². The number of nitrogens with zero attached hydrogens (tertiary/aromatic N) is 2. The number of hydrogen-bond acceptors (Lipinski definition) is 4. The van der Waals surface area contributed by atoms with Gasteiger partial charge >= 0.3 is 6.18 Å². The fraction of sp³-hybridized carbons (Fsp3) is 0.333. The number of alkyl halides is 3. The van der Waals surface area contributed by atoms with E-state index in [4.69, 9.17) is 0 Å². The van der Waals surface area contributed by atoms with Gasteiger partial charge in [0.15, 0.2) is 0 Å². The number of allylic oxidation sites excluding steroid dienone is 3. The molecule has 1 aliphatic rings. The van der Waals surface area contributed by atoms with Crippen molar-refractivity contribution < 1.29 is 21.9 Å². The van der Waals surface area contributed by atoms with Crippen LogP contribution in [0.3, 0.4) is 0 Å². The van der Waals surface area contributed by atoms with Gasteiger partial charge in [-0.15, -0.1) is 0 Å². The molecule has 32 heavy (non-hydrogen) atoms. The first-order valence-electron chi connectivity index (χ1n) is 10.2. The highest BCUT2D eigenvalue weighted by Gasteiger charge is 2.33. The summed E-state index contributed by atoms with van der Waals surface area (Å²) in [6.45, 7) is 5.76. The number of hydrogen-bond donors (Lipinski definition) is 0. The smallest absolute Gasteiger partial charge is 0.417 e. The van der Waals surface area contributed by atoms with E-state index >= 15 is 0 Å². The number of nitriles is 1. The first-order chi connectivity index (χ1) is 15.1. The molecule has 1 fully saturated rings. The molecule has 1 aromatic heterocycles. The quantitative estimate of drug-likeness (QED) is 0.384. The van der Waals surface area contributed by atoms with Crippen LogP contribution in [-0.4, -0.2) is 13.7 Å². The second-order valence-corrected chi connectivity index (χ2v) is 8.79. The van der Waals surface area contributed by atoms with Crippen molar-refractivity contribution in [2.75, 3.05) is 0 Å². The molecule has 0 radical (unpaired) electrons. The molecule has 8 heteroatoms. The van der Waals surface area contributed by atoms with E-state index in [2.05, 4.69) is 11.6 Å². The number of aromatic nitrogens is 1. The summed E-state index contributed by atoms with van der Waals surface area (Å²) in [4.78, 5) is 4.19. The van der Waals surface area contributed by atoms with Gasteiger partial charge in [-0.2, -0.15) is 18.4 Å². The Morgan fingerprint density at radius 3 is 2.38 bits per heavy atom. The van der Waals surface area contributed by atoms with Crippen LogP contribution in [0, 0.1) is 17.2 Å². The Morgan fingerprint density at radius 1 is 1.22 bits per heavy atom. The zero-order chi connectivity index (χ0) is 23.5. The molecule has 168 valence electrons. The largest absolute Gasteiger partial charge is 0.768 e. The predicted molar refractivity (Wildman–Crippen MR) is 117 cm³/mol. The maximum Gasteiger partial charge on any atom is 0.417 e. The van der Waals surface area contributed by atoms with E-state index < -0.39 is 22.8 Å². The number of pyridine rings is 1. The Morgan fingerprint density at radius 2 is 1.84 bits per heavy atom. The molecule has 0 amide bonds. The van der Waals surface area contributed by atoms with Crippen molar-refractivity contribution >= 4 is 27.8 Å². The van der Waals surface area contributed by atoms with Crippen LogP contribution in [0.15, 0.2) is 48.0 Å². The highest BCUT2D eigenvalue weighted by atomic mass is 32.2. The monoisotopic (exact) mass is 459 g/mol. The molecule has 1 aromatic carbocycles. The normalized spacial score (nSPS) is 16.8. The zero-order valence-electron chi connectivity index (χ0n) is 17.5. The lowest BCUT2D eigenvalue weighted by Crippen LogP contribution is -2.13. The lowest BCUT2D eigenvalue weighted by molar-refractivity contribution is -0.137. The molecular formula is C24H22F3N2O2S-. The lowest BCUT2D eigenvalue weighted by atomic mass is 9.81. The Kier molecular flexibility index (Phi) is 7.32. The summed E-state index contributed by atoms with van der Waals surface area (Å²) < 4.78 is 62.6. The third kappa shape index (κ3) is 5.17. The maximum absolute atomic E-state index is 13.4. The highest BCUT2D eigenvalue weighted by molar-refractivity contribution is 7.79. The van der Waals surface area contributed by atoms with E-state index in [0.29, 0.717) is 22.4 Å². The standard InChI is InChI=1S/C24H23F3N2O2S/c1-15(18-8-10-20(11-9-18)32(30)31)22(13-28)21-12-19(24(25,26)27)14-29-23(21)16(2)17-6-4-3-5-7-17/h8-12,14,17H,2-7H2,1H3,(H,30,31)/p-1/b22-15+. The Bertz CT molecular complexity index is 1110. The van der Waals surface area contributed by atoms with Gasteiger partial charge in [-0.1, -0.05) is 38.0 Å². The molecule has 1 unspecified atom stereocenters. The van der Waals surface area contributed by atoms with Gasteiger partial charge in [-0.3, -0.25) is 9.19 Å². The van der Waals surface area contributed by atoms with Crippen LogP contribution in [0.25, 0.3) is 16.7 Å². The fourth-order valence-corrected chi connectivity index (χ4v) is 4.38. The SMILES string of the molecule is C=C(c1ncc(C(F)(F)F)cc1/C(C#N)=C(\C)c1ccc(S(=O)[O-])cc1)C1CCCCC1. The van der Waals surface area contributed by atoms with E-state index in [9.17, 15) is 27.2 Å². The maximum atomic E-state index is 13.4. The zero-order valence-corrected chi connectivity index (χ0v) is 18.4. The molecule has 1 atom stereocenters. The lowest BCUT2D eigenvalue weighted by Gasteiger charge is -2.25. The van der Waals surface area contributed by atoms with Gasteiger partial charge in [0.2, 0.25) is 0 Å². The van der Waals surface area contributed by atoms with Crippen molar-refractivity contribution in [2.45, 2.75) is 50.1 Å². The van der Waals surface area contributed by atoms with Crippen LogP contribution in [0.5, 0.6) is 0 Å². The summed E-state index contributed by atoms with van der Waals surface area (Å²) in [5, 5.41) is 9.92. The van der Waals surface area contributed by atoms with Crippen molar-refractivity contribution in [3.05, 3.63) is 65.5 Å². The Labute approximate surface area is 187 Å². The topological polar surface area (TPSA) is 76.8 Å². The molecule has 1 saturated carbocycles. The molecule has 4 nitrogen and oxygen atoms in total. The van der Waals surface area contributed by atoms with E-state index in [1.807, 2.05) is 6.07 Å². The van der Waals surface area contributed by atoms with Crippen LogP contribution in [0.1, 0.15) is 61.4 Å². The average Bonchev–Trinajstić information content (AvgIpc) is 2.79. The molecular weight excluding hydrogens is 437 g/mol. The van der Waals surface area contributed by atoms with Gasteiger partial charge in [0.25, 0.3) is 0 Å². The van der Waals surface area contributed by atoms with Gasteiger partial charge in [-0.25, -0.2) is 0 Å². The van der Waals surface area contributed by atoms with Crippen molar-refractivity contribution in [1.29, 1.82) is 5.26 Å². The molecule has 3 rings (SSSR count). The van der Waals surface area contributed by atoms with Gasteiger partial charge in [0, 0.05) is 16.7 Å². The van der Waals surface area contributed by atoms with Crippen LogP contribution in [-0.2, 0) is 17.3 Å². The van der Waals surface area contributed by atoms with E-state index in [1.165, 1.54) is 24.3 Å². The van der Waals surface area contributed by atoms with E-state index in [1.54, 1.807) is 6.92 Å². The molecule has 0 bridgehead atoms. The third-order valence-electron chi connectivity index (χ3n) is 5.85. The molecule has 0 aliphatic heterocycles. The van der Waals surface area contributed by atoms with E-state index in [-0.39, 0.29) is 21.9 Å². The molecule has 2 aromatic rings. The number of halogens is 3. The summed E-state index contributed by atoms with van der Waals surface area (Å²) in [7, 11) is 0. The summed E-state index contributed by atoms with van der Waals surface area (Å²) in [5.74, 6) is 0.110. The number of rotatable bonds is 5. The minimum atomic E-state index is -4.61. The Balaban J connectivity index is 2.16. The van der Waals surface area contributed by atoms with Crippen molar-refractivity contribution in [1.82, 2.24) is 4.98 Å². The summed E-state index contributed by atoms with van der Waals surface area (Å²) >= 11 is -2.40. The van der Waals surface area contributed by atoms with Gasteiger partial charge in [0.1, 0.15) is 6.07 Å². The van der Waals surface area contributed by atoms with Gasteiger partial charge < -0.3 is 4.55 Å². The molecule has 0 N–H and O–H groups in total. The second-order valence-electron chi connectivity index (χ2n) is 7.85. The second kappa shape index (κ2) is 9.80. The van der Waals surface area contributed by atoms with Crippen LogP contribution >= 0.6 is 0 Å². The third-order valence-corrected chi connectivity index (χ3v) is 6.51. The van der Waals surface area contributed by atoms with Crippen molar-refractivity contribution in [3.63, 3.8) is 0 Å². The fourth-order valence-electron chi connectivity index (χ4n) is 4.02. The molecule has 1 aliphatic carbocycles. The highest BCUT2D eigenvalue weighted by Crippen LogP contribution is 2.39. The van der Waals surface area contributed by atoms with Crippen LogP contribution < -0.4 is 0 Å². The average molecular weight is 460 g/mol. The summed E-state index contributed by atoms with van der Waals surface area (Å²) in [6, 6.07) is 8.80. The summed E-state index contributed by atoms with van der Waals surface area (Å²) in [6.07, 6.45) is 1.11. The first-order valence-corrected chi connectivity index (χ1v) is 11.3. The molecule has 0 saturated heterocycles. The minimum absolute atomic E-state index is 0.0477. The predicted octanol–water partition coefficient (Wildman–Crippen LogP) is 6.39. The van der Waals surface area contributed by atoms with Crippen molar-refractivity contribution in [2.24, 2.45) is 5.92 Å². The number of benzene rings is 1. The first kappa shape index (κ1) is 23.9. The van der Waals surface area contributed by atoms with Gasteiger partial charge in [0.05, 0.1) is 16.8 Å². The Hall–Kier alpha value is -2.76. The summed E-state index contributed by atoms with van der Waals surface area (Å²) in [5.41, 5.74) is 1.10. The molecule has 0 spiro atoms.